The maximum atomic E-state index is 13.0. The number of nitrogens with zero attached hydrogens (tertiary/aromatic N) is 1. The average Bonchev–Trinajstić information content (AvgIpc) is 3.35. The number of carbonyl (C=O) groups is 1. The molecule has 0 fully saturated rings. The van der Waals surface area contributed by atoms with Crippen LogP contribution in [0.3, 0.4) is 0 Å². The number of aryl methyl sites for hydroxylation is 1. The van der Waals surface area contributed by atoms with E-state index in [0.29, 0.717) is 6.42 Å². The van der Waals surface area contributed by atoms with Gasteiger partial charge in [0, 0.05) is 18.2 Å². The number of ether oxygens (including phenoxy) is 1. The average molecular weight is 672 g/mol. The molecule has 1 N–H and O–H groups in total. The van der Waals surface area contributed by atoms with Crippen LogP contribution in [0.25, 0.3) is 0 Å². The molecule has 0 aliphatic carbocycles. The SMILES string of the molecule is CCCCCCCCCCCCCCOc1ccc(CC(=O)Nc2cccc(C[n+]3ccsc3C)c2)cc1C(C)(C)C.[Br-]. The van der Waals surface area contributed by atoms with Crippen LogP contribution in [-0.2, 0) is 23.2 Å². The van der Waals surface area contributed by atoms with Gasteiger partial charge in [-0.3, -0.25) is 4.79 Å². The molecule has 0 unspecified atom stereocenters. The van der Waals surface area contributed by atoms with E-state index < -0.39 is 0 Å². The van der Waals surface area contributed by atoms with E-state index in [1.807, 2.05) is 18.2 Å². The van der Waals surface area contributed by atoms with Gasteiger partial charge < -0.3 is 27.0 Å². The number of amides is 1. The zero-order valence-corrected chi connectivity index (χ0v) is 29.8. The monoisotopic (exact) mass is 670 g/mol. The van der Waals surface area contributed by atoms with Crippen LogP contribution in [0.1, 0.15) is 126 Å². The van der Waals surface area contributed by atoms with Gasteiger partial charge in [0.1, 0.15) is 5.75 Å². The summed E-state index contributed by atoms with van der Waals surface area (Å²) in [6.45, 7) is 12.6. The standard InChI is InChI=1S/C37H54N2O2S.BrH/c1-6-7-8-9-10-11-12-13-14-15-16-17-24-41-35-22-21-31(27-34(35)37(3,4)5)28-36(40)38-33-20-18-19-32(26-33)29-39-23-25-42-30(39)2;/h18-23,25-27H,6-17,24,28-29H2,1-5H3;1H. The van der Waals surface area contributed by atoms with E-state index in [4.69, 9.17) is 4.74 Å². The molecule has 0 saturated carbocycles. The molecule has 0 aliphatic rings. The molecule has 0 atom stereocenters. The molecule has 0 bridgehead atoms. The number of halogens is 1. The minimum absolute atomic E-state index is 0. The van der Waals surface area contributed by atoms with Gasteiger partial charge in [-0.15, -0.1) is 0 Å². The topological polar surface area (TPSA) is 42.2 Å². The highest BCUT2D eigenvalue weighted by Crippen LogP contribution is 2.32. The van der Waals surface area contributed by atoms with Crippen molar-refractivity contribution in [2.75, 3.05) is 11.9 Å². The van der Waals surface area contributed by atoms with Crippen molar-refractivity contribution in [3.05, 3.63) is 75.7 Å². The molecule has 1 aromatic heterocycles. The van der Waals surface area contributed by atoms with Crippen molar-refractivity contribution >= 4 is 22.9 Å². The first-order valence-electron chi connectivity index (χ1n) is 16.3. The molecule has 1 amide bonds. The first kappa shape index (κ1) is 37.0. The highest BCUT2D eigenvalue weighted by atomic mass is 79.9. The summed E-state index contributed by atoms with van der Waals surface area (Å²) >= 11 is 1.74. The second kappa shape index (κ2) is 20.0. The van der Waals surface area contributed by atoms with Crippen molar-refractivity contribution < 1.29 is 31.1 Å². The number of nitrogens with one attached hydrogen (secondary N) is 1. The first-order valence-corrected chi connectivity index (χ1v) is 17.2. The second-order valence-corrected chi connectivity index (χ2v) is 13.9. The molecule has 1 heterocycles. The molecule has 0 saturated heterocycles. The number of rotatable bonds is 19. The molecule has 0 radical (unpaired) electrons. The quantitative estimate of drug-likeness (QED) is 0.111. The Morgan fingerprint density at radius 3 is 2.12 bits per heavy atom. The van der Waals surface area contributed by atoms with E-state index in [0.717, 1.165) is 42.1 Å². The fourth-order valence-corrected chi connectivity index (χ4v) is 6.06. The van der Waals surface area contributed by atoms with E-state index >= 15 is 0 Å². The van der Waals surface area contributed by atoms with Crippen LogP contribution in [0.4, 0.5) is 5.69 Å². The van der Waals surface area contributed by atoms with Crippen LogP contribution in [0, 0.1) is 6.92 Å². The van der Waals surface area contributed by atoms with Gasteiger partial charge in [0.15, 0.2) is 12.7 Å². The van der Waals surface area contributed by atoms with Crippen LogP contribution in [0.5, 0.6) is 5.75 Å². The number of aromatic nitrogens is 1. The third-order valence-corrected chi connectivity index (χ3v) is 8.75. The zero-order chi connectivity index (χ0) is 30.2. The Morgan fingerprint density at radius 1 is 0.860 bits per heavy atom. The van der Waals surface area contributed by atoms with Gasteiger partial charge in [-0.05, 0) is 41.2 Å². The number of anilines is 1. The Balaban J connectivity index is 0.00000645. The van der Waals surface area contributed by atoms with Crippen molar-refractivity contribution in [1.29, 1.82) is 0 Å². The largest absolute Gasteiger partial charge is 1.00 e. The lowest BCUT2D eigenvalue weighted by molar-refractivity contribution is -0.689. The normalized spacial score (nSPS) is 11.3. The smallest absolute Gasteiger partial charge is 0.234 e. The van der Waals surface area contributed by atoms with Crippen LogP contribution < -0.4 is 31.6 Å². The molecule has 3 rings (SSSR count). The predicted octanol–water partition coefficient (Wildman–Crippen LogP) is 6.95. The molecular formula is C37H55BrN2O2S. The van der Waals surface area contributed by atoms with Gasteiger partial charge in [0.2, 0.25) is 10.9 Å². The van der Waals surface area contributed by atoms with Crippen LogP contribution >= 0.6 is 11.3 Å². The summed E-state index contributed by atoms with van der Waals surface area (Å²) in [5.41, 5.74) is 4.12. The summed E-state index contributed by atoms with van der Waals surface area (Å²) in [6, 6.07) is 14.4. The van der Waals surface area contributed by atoms with E-state index in [9.17, 15) is 4.79 Å². The van der Waals surface area contributed by atoms with Gasteiger partial charge in [0.05, 0.1) is 18.4 Å². The van der Waals surface area contributed by atoms with E-state index in [1.54, 1.807) is 11.3 Å². The van der Waals surface area contributed by atoms with Gasteiger partial charge in [0.25, 0.3) is 0 Å². The van der Waals surface area contributed by atoms with E-state index in [1.165, 1.54) is 81.2 Å². The molecule has 0 spiro atoms. The predicted molar refractivity (Wildman–Crippen MR) is 179 cm³/mol. The lowest BCUT2D eigenvalue weighted by atomic mass is 9.85. The molecular weight excluding hydrogens is 616 g/mol. The maximum Gasteiger partial charge on any atom is 0.234 e. The van der Waals surface area contributed by atoms with Gasteiger partial charge in [-0.25, -0.2) is 0 Å². The highest BCUT2D eigenvalue weighted by Gasteiger charge is 2.20. The maximum absolute atomic E-state index is 13.0. The summed E-state index contributed by atoms with van der Waals surface area (Å²) in [5, 5.41) is 6.46. The van der Waals surface area contributed by atoms with Gasteiger partial charge in [-0.1, -0.05) is 134 Å². The Kier molecular flexibility index (Phi) is 17.2. The molecule has 238 valence electrons. The zero-order valence-electron chi connectivity index (χ0n) is 27.4. The number of carbonyl (C=O) groups excluding carboxylic acids is 1. The summed E-state index contributed by atoms with van der Waals surface area (Å²) in [6.07, 6.45) is 18.5. The van der Waals surface area contributed by atoms with E-state index in [-0.39, 0.29) is 28.3 Å². The molecule has 6 heteroatoms. The third kappa shape index (κ3) is 14.0. The number of hydrogen-bond acceptors (Lipinski definition) is 3. The van der Waals surface area contributed by atoms with Crippen LogP contribution in [0.15, 0.2) is 54.0 Å². The Hall–Kier alpha value is -2.18. The van der Waals surface area contributed by atoms with Crippen molar-refractivity contribution in [2.24, 2.45) is 0 Å². The minimum Gasteiger partial charge on any atom is -1.00 e. The number of unbranched alkanes of at least 4 members (excludes halogenated alkanes) is 11. The minimum atomic E-state index is -0.0653. The number of benzene rings is 2. The number of hydrogen-bond donors (Lipinski definition) is 1. The molecule has 43 heavy (non-hydrogen) atoms. The molecule has 4 nitrogen and oxygen atoms in total. The molecule has 3 aromatic rings. The van der Waals surface area contributed by atoms with Crippen LogP contribution in [0.2, 0.25) is 0 Å². The Bertz CT molecular complexity index is 1220. The van der Waals surface area contributed by atoms with Crippen LogP contribution in [-0.4, -0.2) is 12.5 Å². The van der Waals surface area contributed by atoms with Gasteiger partial charge >= 0.3 is 0 Å². The summed E-state index contributed by atoms with van der Waals surface area (Å²) in [7, 11) is 0. The first-order chi connectivity index (χ1) is 20.3. The molecule has 0 aliphatic heterocycles. The number of thiazole rings is 1. The highest BCUT2D eigenvalue weighted by molar-refractivity contribution is 7.09. The lowest BCUT2D eigenvalue weighted by Crippen LogP contribution is -3.00. The van der Waals surface area contributed by atoms with Gasteiger partial charge in [-0.2, -0.15) is 4.57 Å². The summed E-state index contributed by atoms with van der Waals surface area (Å²) < 4.78 is 8.50. The summed E-state index contributed by atoms with van der Waals surface area (Å²) in [5.74, 6) is 0.945. The van der Waals surface area contributed by atoms with Crippen molar-refractivity contribution in [3.63, 3.8) is 0 Å². The van der Waals surface area contributed by atoms with Crippen molar-refractivity contribution in [2.45, 2.75) is 130 Å². The third-order valence-electron chi connectivity index (χ3n) is 7.92. The van der Waals surface area contributed by atoms with E-state index in [2.05, 4.69) is 80.3 Å². The second-order valence-electron chi connectivity index (χ2n) is 12.8. The summed E-state index contributed by atoms with van der Waals surface area (Å²) in [4.78, 5) is 13.0. The Labute approximate surface area is 276 Å². The molecule has 2 aromatic carbocycles. The lowest BCUT2D eigenvalue weighted by Gasteiger charge is -2.24. The van der Waals surface area contributed by atoms with Crippen molar-refractivity contribution in [1.82, 2.24) is 0 Å². The van der Waals surface area contributed by atoms with Crippen molar-refractivity contribution in [3.8, 4) is 5.75 Å². The fourth-order valence-electron chi connectivity index (χ4n) is 5.40. The fraction of sp³-hybridized carbons (Fsp3) is 0.568. The Morgan fingerprint density at radius 2 is 1.51 bits per heavy atom.